The number of aliphatic imine (C=N–C) groups is 1. The van der Waals surface area contributed by atoms with Crippen molar-refractivity contribution in [2.24, 2.45) is 4.99 Å². The fourth-order valence-electron chi connectivity index (χ4n) is 3.40. The van der Waals surface area contributed by atoms with E-state index in [-0.39, 0.29) is 35.8 Å². The molecule has 0 aromatic heterocycles. The maximum Gasteiger partial charge on any atom is 0.211 e. The van der Waals surface area contributed by atoms with Gasteiger partial charge in [-0.1, -0.05) is 12.1 Å². The molecule has 1 aliphatic heterocycles. The molecule has 0 spiro atoms. The summed E-state index contributed by atoms with van der Waals surface area (Å²) in [5, 5.41) is 6.67. The Morgan fingerprint density at radius 3 is 2.60 bits per heavy atom. The number of hydrogen-bond donors (Lipinski definition) is 3. The second-order valence-corrected chi connectivity index (χ2v) is 9.16. The first-order valence-electron chi connectivity index (χ1n) is 10.3. The quantitative estimate of drug-likeness (QED) is 0.168. The van der Waals surface area contributed by atoms with Crippen molar-refractivity contribution in [2.75, 3.05) is 52.6 Å². The van der Waals surface area contributed by atoms with Crippen LogP contribution in [0.25, 0.3) is 0 Å². The molecular formula is C20H36IN5O3S. The summed E-state index contributed by atoms with van der Waals surface area (Å²) in [6.07, 6.45) is 3.13. The number of ether oxygens (including phenoxy) is 1. The fraction of sp³-hybridized carbons (Fsp3) is 0.650. The summed E-state index contributed by atoms with van der Waals surface area (Å²) in [4.78, 5) is 6.78. The maximum atomic E-state index is 11.5. The van der Waals surface area contributed by atoms with Gasteiger partial charge in [0.1, 0.15) is 5.75 Å². The molecule has 0 saturated carbocycles. The van der Waals surface area contributed by atoms with Crippen molar-refractivity contribution in [1.29, 1.82) is 0 Å². The molecule has 30 heavy (non-hydrogen) atoms. The number of sulfonamides is 1. The molecule has 1 fully saturated rings. The average molecular weight is 554 g/mol. The van der Waals surface area contributed by atoms with Crippen LogP contribution in [-0.2, 0) is 10.0 Å². The Morgan fingerprint density at radius 2 is 1.97 bits per heavy atom. The number of methoxy groups -OCH3 is 1. The lowest BCUT2D eigenvalue weighted by molar-refractivity contribution is 0.245. The Morgan fingerprint density at radius 1 is 1.23 bits per heavy atom. The van der Waals surface area contributed by atoms with Crippen molar-refractivity contribution in [3.05, 3.63) is 29.8 Å². The van der Waals surface area contributed by atoms with Gasteiger partial charge in [0.15, 0.2) is 5.96 Å². The molecule has 1 saturated heterocycles. The van der Waals surface area contributed by atoms with Gasteiger partial charge in [0.05, 0.1) is 18.9 Å². The van der Waals surface area contributed by atoms with Crippen LogP contribution in [0.15, 0.2) is 29.3 Å². The molecule has 1 heterocycles. The number of halogens is 1. The highest BCUT2D eigenvalue weighted by Gasteiger charge is 2.24. The van der Waals surface area contributed by atoms with E-state index < -0.39 is 10.0 Å². The standard InChI is InChI=1S/C20H35N5O3S.HI/c1-4-29(26,27)24-12-8-11-22-20(21-2)23-16-19(25-13-5-6-14-25)17-9-7-10-18(15-17)28-3;/h7,9-10,15,19,24H,4-6,8,11-14,16H2,1-3H3,(H2,21,22,23);1H. The second kappa shape index (κ2) is 14.0. The number of hydrogen-bond acceptors (Lipinski definition) is 5. The maximum absolute atomic E-state index is 11.5. The molecule has 1 atom stereocenters. The fourth-order valence-corrected chi connectivity index (χ4v) is 4.06. The molecule has 1 aromatic carbocycles. The number of rotatable bonds is 11. The molecule has 8 nitrogen and oxygen atoms in total. The van der Waals surface area contributed by atoms with Crippen LogP contribution in [0.5, 0.6) is 5.75 Å². The van der Waals surface area contributed by atoms with E-state index >= 15 is 0 Å². The lowest BCUT2D eigenvalue weighted by Gasteiger charge is -2.29. The zero-order valence-electron chi connectivity index (χ0n) is 18.2. The van der Waals surface area contributed by atoms with Crippen molar-refractivity contribution >= 4 is 40.0 Å². The van der Waals surface area contributed by atoms with Crippen molar-refractivity contribution in [2.45, 2.75) is 32.2 Å². The number of guanidine groups is 1. The van der Waals surface area contributed by atoms with Gasteiger partial charge in [-0.3, -0.25) is 9.89 Å². The van der Waals surface area contributed by atoms with Crippen molar-refractivity contribution in [3.63, 3.8) is 0 Å². The van der Waals surface area contributed by atoms with Gasteiger partial charge in [-0.15, -0.1) is 24.0 Å². The first-order chi connectivity index (χ1) is 14.0. The van der Waals surface area contributed by atoms with E-state index in [0.717, 1.165) is 31.3 Å². The second-order valence-electron chi connectivity index (χ2n) is 7.07. The van der Waals surface area contributed by atoms with Gasteiger partial charge >= 0.3 is 0 Å². The van der Waals surface area contributed by atoms with E-state index in [9.17, 15) is 8.42 Å². The van der Waals surface area contributed by atoms with Gasteiger partial charge < -0.3 is 15.4 Å². The predicted molar refractivity (Wildman–Crippen MR) is 133 cm³/mol. The monoisotopic (exact) mass is 553 g/mol. The predicted octanol–water partition coefficient (Wildman–Crippen LogP) is 1.94. The smallest absolute Gasteiger partial charge is 0.211 e. The Hall–Kier alpha value is -1.11. The highest BCUT2D eigenvalue weighted by atomic mass is 127. The Kier molecular flexibility index (Phi) is 12.6. The third-order valence-corrected chi connectivity index (χ3v) is 6.50. The minimum absolute atomic E-state index is 0. The van der Waals surface area contributed by atoms with Crippen LogP contribution < -0.4 is 20.1 Å². The Labute approximate surface area is 198 Å². The SMILES string of the molecule is CCS(=O)(=O)NCCCNC(=NC)NCC(c1cccc(OC)c1)N1CCCC1.I. The molecule has 0 bridgehead atoms. The number of nitrogens with one attached hydrogen (secondary N) is 3. The van der Waals surface area contributed by atoms with Crippen LogP contribution in [-0.4, -0.2) is 71.9 Å². The average Bonchev–Trinajstić information content (AvgIpc) is 3.26. The molecule has 10 heteroatoms. The van der Waals surface area contributed by atoms with E-state index in [2.05, 4.69) is 37.4 Å². The van der Waals surface area contributed by atoms with Crippen molar-refractivity contribution in [3.8, 4) is 5.75 Å². The van der Waals surface area contributed by atoms with Gasteiger partial charge in [0.2, 0.25) is 10.0 Å². The molecule has 172 valence electrons. The Bertz CT molecular complexity index is 755. The van der Waals surface area contributed by atoms with Gasteiger partial charge in [-0.2, -0.15) is 0 Å². The number of benzene rings is 1. The van der Waals surface area contributed by atoms with Crippen LogP contribution in [0.3, 0.4) is 0 Å². The third-order valence-electron chi connectivity index (χ3n) is 5.09. The van der Waals surface area contributed by atoms with E-state index in [4.69, 9.17) is 4.74 Å². The normalized spacial score (nSPS) is 16.0. The largest absolute Gasteiger partial charge is 0.497 e. The van der Waals surface area contributed by atoms with Gasteiger partial charge in [0, 0.05) is 26.7 Å². The molecule has 3 N–H and O–H groups in total. The van der Waals surface area contributed by atoms with Crippen LogP contribution in [0.4, 0.5) is 0 Å². The summed E-state index contributed by atoms with van der Waals surface area (Å²) in [5.74, 6) is 1.69. The first-order valence-corrected chi connectivity index (χ1v) is 11.9. The number of likely N-dealkylation sites (tertiary alicyclic amines) is 1. The number of nitrogens with zero attached hydrogens (tertiary/aromatic N) is 2. The van der Waals surface area contributed by atoms with E-state index in [1.54, 1.807) is 21.1 Å². The van der Waals surface area contributed by atoms with Gasteiger partial charge in [0.25, 0.3) is 0 Å². The Balaban J connectivity index is 0.00000450. The van der Waals surface area contributed by atoms with Crippen LogP contribution >= 0.6 is 24.0 Å². The van der Waals surface area contributed by atoms with Gasteiger partial charge in [-0.05, 0) is 57.0 Å². The zero-order chi connectivity index (χ0) is 21.1. The minimum atomic E-state index is -3.13. The molecule has 0 radical (unpaired) electrons. The van der Waals surface area contributed by atoms with Crippen LogP contribution in [0.2, 0.25) is 0 Å². The molecule has 2 rings (SSSR count). The van der Waals surface area contributed by atoms with E-state index in [1.165, 1.54) is 18.4 Å². The summed E-state index contributed by atoms with van der Waals surface area (Å²) in [6.45, 7) is 5.60. The summed E-state index contributed by atoms with van der Waals surface area (Å²) in [5.41, 5.74) is 1.23. The third kappa shape index (κ3) is 8.94. The highest BCUT2D eigenvalue weighted by Crippen LogP contribution is 2.27. The summed E-state index contributed by atoms with van der Waals surface area (Å²) < 4.78 is 30.9. The molecule has 0 amide bonds. The van der Waals surface area contributed by atoms with Crippen LogP contribution in [0, 0.1) is 0 Å². The topological polar surface area (TPSA) is 95.1 Å². The molecule has 0 aliphatic carbocycles. The molecule has 1 aromatic rings. The molecule has 1 aliphatic rings. The lowest BCUT2D eigenvalue weighted by Crippen LogP contribution is -2.43. The minimum Gasteiger partial charge on any atom is -0.497 e. The highest BCUT2D eigenvalue weighted by molar-refractivity contribution is 14.0. The first kappa shape index (κ1) is 26.9. The summed E-state index contributed by atoms with van der Waals surface area (Å²) in [6, 6.07) is 8.47. The van der Waals surface area contributed by atoms with Gasteiger partial charge in [-0.25, -0.2) is 13.1 Å². The lowest BCUT2D eigenvalue weighted by atomic mass is 10.1. The zero-order valence-corrected chi connectivity index (χ0v) is 21.3. The summed E-state index contributed by atoms with van der Waals surface area (Å²) in [7, 11) is 0.298. The van der Waals surface area contributed by atoms with Crippen molar-refractivity contribution < 1.29 is 13.2 Å². The van der Waals surface area contributed by atoms with Crippen LogP contribution in [0.1, 0.15) is 37.8 Å². The van der Waals surface area contributed by atoms with E-state index in [0.29, 0.717) is 19.5 Å². The summed E-state index contributed by atoms with van der Waals surface area (Å²) >= 11 is 0. The molecular weight excluding hydrogens is 517 g/mol. The molecule has 1 unspecified atom stereocenters. The van der Waals surface area contributed by atoms with Crippen molar-refractivity contribution in [1.82, 2.24) is 20.3 Å². The van der Waals surface area contributed by atoms with E-state index in [1.807, 2.05) is 12.1 Å².